The number of benzene rings is 1. The summed E-state index contributed by atoms with van der Waals surface area (Å²) in [6.07, 6.45) is 2.27. The van der Waals surface area contributed by atoms with Gasteiger partial charge in [-0.05, 0) is 35.7 Å². The Morgan fingerprint density at radius 1 is 1.25 bits per heavy atom. The van der Waals surface area contributed by atoms with Crippen LogP contribution in [0.5, 0.6) is 5.88 Å². The molecule has 1 aliphatic heterocycles. The van der Waals surface area contributed by atoms with Crippen LogP contribution >= 0.6 is 0 Å². The van der Waals surface area contributed by atoms with E-state index in [1.54, 1.807) is 36.4 Å². The Balaban J connectivity index is 1.72. The van der Waals surface area contributed by atoms with Crippen LogP contribution in [0, 0.1) is 5.82 Å². The highest BCUT2D eigenvalue weighted by atomic mass is 19.1. The molecule has 6 heteroatoms. The highest BCUT2D eigenvalue weighted by Crippen LogP contribution is 2.22. The van der Waals surface area contributed by atoms with Gasteiger partial charge in [0.25, 0.3) is 5.91 Å². The molecular weight excluding hydrogens is 311 g/mol. The molecule has 24 heavy (non-hydrogen) atoms. The van der Waals surface area contributed by atoms with Crippen LogP contribution in [0.1, 0.15) is 21.5 Å². The maximum absolute atomic E-state index is 13.4. The zero-order chi connectivity index (χ0) is 16.9. The van der Waals surface area contributed by atoms with Crippen LogP contribution in [-0.4, -0.2) is 42.7 Å². The van der Waals surface area contributed by atoms with Crippen LogP contribution in [0.3, 0.4) is 0 Å². The number of carbonyl (C=O) groups excluding carboxylic acids is 1. The van der Waals surface area contributed by atoms with Gasteiger partial charge in [-0.3, -0.25) is 4.79 Å². The lowest BCUT2D eigenvalue weighted by atomic mass is 9.99. The molecule has 0 saturated carbocycles. The molecule has 0 saturated heterocycles. The monoisotopic (exact) mass is 330 g/mol. The van der Waals surface area contributed by atoms with Crippen molar-refractivity contribution in [1.82, 2.24) is 9.88 Å². The molecule has 0 atom stereocenters. The zero-order valence-corrected chi connectivity index (χ0v) is 13.5. The smallest absolute Gasteiger partial charge is 0.254 e. The van der Waals surface area contributed by atoms with E-state index in [9.17, 15) is 9.18 Å². The van der Waals surface area contributed by atoms with Gasteiger partial charge >= 0.3 is 0 Å². The van der Waals surface area contributed by atoms with Crippen molar-refractivity contribution >= 4 is 5.91 Å². The third-order valence-corrected chi connectivity index (χ3v) is 3.99. The number of fused-ring (bicyclic) bond motifs is 1. The van der Waals surface area contributed by atoms with Gasteiger partial charge in [0.1, 0.15) is 12.4 Å². The quantitative estimate of drug-likeness (QED) is 0.790. The fourth-order valence-corrected chi connectivity index (χ4v) is 2.73. The number of carbonyl (C=O) groups is 1. The van der Waals surface area contributed by atoms with Crippen LogP contribution in [0.25, 0.3) is 0 Å². The number of rotatable bonds is 5. The molecule has 0 unspecified atom stereocenters. The summed E-state index contributed by atoms with van der Waals surface area (Å²) in [5, 5.41) is 0. The van der Waals surface area contributed by atoms with E-state index in [-0.39, 0.29) is 11.7 Å². The molecule has 0 radical (unpaired) electrons. The first-order chi connectivity index (χ1) is 11.7. The van der Waals surface area contributed by atoms with Gasteiger partial charge in [0.2, 0.25) is 5.88 Å². The van der Waals surface area contributed by atoms with Crippen molar-refractivity contribution in [2.75, 3.05) is 26.9 Å². The molecule has 1 amide bonds. The second-order valence-corrected chi connectivity index (χ2v) is 5.61. The maximum atomic E-state index is 13.4. The van der Waals surface area contributed by atoms with Crippen LogP contribution in [0.2, 0.25) is 0 Å². The molecule has 1 aromatic carbocycles. The highest BCUT2D eigenvalue weighted by Gasteiger charge is 2.22. The molecule has 0 spiro atoms. The zero-order valence-electron chi connectivity index (χ0n) is 13.5. The van der Waals surface area contributed by atoms with Gasteiger partial charge in [0.15, 0.2) is 0 Å². The summed E-state index contributed by atoms with van der Waals surface area (Å²) in [6, 6.07) is 8.04. The summed E-state index contributed by atoms with van der Waals surface area (Å²) in [6.45, 7) is 1.85. The molecule has 2 heterocycles. The Hall–Kier alpha value is -2.47. The number of hydrogen-bond acceptors (Lipinski definition) is 4. The number of pyridine rings is 1. The molecule has 5 nitrogen and oxygen atoms in total. The Morgan fingerprint density at radius 2 is 2.12 bits per heavy atom. The normalized spacial score (nSPS) is 13.5. The number of aromatic nitrogens is 1. The molecule has 1 aliphatic rings. The molecule has 126 valence electrons. The SMILES string of the molecule is COCCOc1cc(C(=O)N2CCc3ccc(F)cc3C2)ccn1. The van der Waals surface area contributed by atoms with E-state index in [1.165, 1.54) is 12.1 Å². The van der Waals surface area contributed by atoms with E-state index in [0.717, 1.165) is 17.5 Å². The van der Waals surface area contributed by atoms with E-state index in [1.807, 2.05) is 0 Å². The third-order valence-electron chi connectivity index (χ3n) is 3.99. The predicted molar refractivity (Wildman–Crippen MR) is 86.5 cm³/mol. The lowest BCUT2D eigenvalue weighted by Crippen LogP contribution is -2.36. The minimum atomic E-state index is -0.277. The fraction of sp³-hybridized carbons (Fsp3) is 0.333. The second-order valence-electron chi connectivity index (χ2n) is 5.61. The summed E-state index contributed by atoms with van der Waals surface area (Å²) in [7, 11) is 1.59. The summed E-state index contributed by atoms with van der Waals surface area (Å²) >= 11 is 0. The molecule has 0 N–H and O–H groups in total. The van der Waals surface area contributed by atoms with Crippen LogP contribution in [0.15, 0.2) is 36.5 Å². The van der Waals surface area contributed by atoms with Crippen molar-refractivity contribution in [3.63, 3.8) is 0 Å². The Labute approximate surface area is 140 Å². The van der Waals surface area contributed by atoms with Gasteiger partial charge in [-0.2, -0.15) is 0 Å². The van der Waals surface area contributed by atoms with Crippen molar-refractivity contribution in [3.8, 4) is 5.88 Å². The molecular formula is C18H19FN2O3. The molecule has 0 fully saturated rings. The minimum Gasteiger partial charge on any atom is -0.475 e. The number of methoxy groups -OCH3 is 1. The summed E-state index contributed by atoms with van der Waals surface area (Å²) < 4.78 is 23.8. The van der Waals surface area contributed by atoms with Crippen LogP contribution in [-0.2, 0) is 17.7 Å². The first-order valence-electron chi connectivity index (χ1n) is 7.82. The first kappa shape index (κ1) is 16.4. The molecule has 1 aromatic heterocycles. The average molecular weight is 330 g/mol. The molecule has 2 aromatic rings. The van der Waals surface area contributed by atoms with Gasteiger partial charge in [-0.25, -0.2) is 9.37 Å². The van der Waals surface area contributed by atoms with Crippen molar-refractivity contribution in [1.29, 1.82) is 0 Å². The first-order valence-corrected chi connectivity index (χ1v) is 7.82. The number of nitrogens with zero attached hydrogens (tertiary/aromatic N) is 2. The Morgan fingerprint density at radius 3 is 2.96 bits per heavy atom. The van der Waals surface area contributed by atoms with Crippen LogP contribution in [0.4, 0.5) is 4.39 Å². The lowest BCUT2D eigenvalue weighted by molar-refractivity contribution is 0.0733. The number of amides is 1. The predicted octanol–water partition coefficient (Wildman–Crippen LogP) is 2.44. The highest BCUT2D eigenvalue weighted by molar-refractivity contribution is 5.94. The number of ether oxygens (including phenoxy) is 2. The fourth-order valence-electron chi connectivity index (χ4n) is 2.73. The van der Waals surface area contributed by atoms with Gasteiger partial charge in [-0.15, -0.1) is 0 Å². The Kier molecular flexibility index (Phi) is 5.05. The molecule has 0 aliphatic carbocycles. The van der Waals surface area contributed by atoms with E-state index in [2.05, 4.69) is 4.98 Å². The van der Waals surface area contributed by atoms with E-state index < -0.39 is 0 Å². The van der Waals surface area contributed by atoms with Gasteiger partial charge in [0, 0.05) is 38.0 Å². The standard InChI is InChI=1S/C18H19FN2O3/c1-23-8-9-24-17-11-14(4-6-20-17)18(22)21-7-5-13-2-3-16(19)10-15(13)12-21/h2-4,6,10-11H,5,7-9,12H2,1H3. The molecule has 0 bridgehead atoms. The number of halogens is 1. The van der Waals surface area contributed by atoms with Crippen molar-refractivity contribution in [3.05, 3.63) is 59.0 Å². The van der Waals surface area contributed by atoms with Gasteiger partial charge < -0.3 is 14.4 Å². The Bertz CT molecular complexity index is 736. The second kappa shape index (κ2) is 7.40. The van der Waals surface area contributed by atoms with E-state index in [0.29, 0.717) is 37.7 Å². The third kappa shape index (κ3) is 3.71. The van der Waals surface area contributed by atoms with Gasteiger partial charge in [-0.1, -0.05) is 6.07 Å². The van der Waals surface area contributed by atoms with E-state index in [4.69, 9.17) is 9.47 Å². The largest absolute Gasteiger partial charge is 0.475 e. The summed E-state index contributed by atoms with van der Waals surface area (Å²) in [4.78, 5) is 18.5. The lowest BCUT2D eigenvalue weighted by Gasteiger charge is -2.29. The molecule has 3 rings (SSSR count). The number of hydrogen-bond donors (Lipinski definition) is 0. The topological polar surface area (TPSA) is 51.7 Å². The summed E-state index contributed by atoms with van der Waals surface area (Å²) in [5.74, 6) is 0.00560. The van der Waals surface area contributed by atoms with Crippen molar-refractivity contribution in [2.45, 2.75) is 13.0 Å². The van der Waals surface area contributed by atoms with Gasteiger partial charge in [0.05, 0.1) is 6.61 Å². The minimum absolute atomic E-state index is 0.107. The van der Waals surface area contributed by atoms with Crippen molar-refractivity contribution < 1.29 is 18.7 Å². The van der Waals surface area contributed by atoms with Crippen LogP contribution < -0.4 is 4.74 Å². The maximum Gasteiger partial charge on any atom is 0.254 e. The summed E-state index contributed by atoms with van der Waals surface area (Å²) in [5.41, 5.74) is 2.47. The average Bonchev–Trinajstić information content (AvgIpc) is 2.61. The van der Waals surface area contributed by atoms with E-state index >= 15 is 0 Å². The van der Waals surface area contributed by atoms with Crippen molar-refractivity contribution in [2.24, 2.45) is 0 Å².